The molecule has 0 aliphatic rings. The highest BCUT2D eigenvalue weighted by Gasteiger charge is 2.16. The van der Waals surface area contributed by atoms with Crippen LogP contribution in [0.1, 0.15) is 38.8 Å². The van der Waals surface area contributed by atoms with Gasteiger partial charge in [0.15, 0.2) is 5.78 Å². The minimum atomic E-state index is -0.567. The minimum Gasteiger partial charge on any atom is -0.493 e. The molecule has 0 fully saturated rings. The highest BCUT2D eigenvalue weighted by Crippen LogP contribution is 2.22. The lowest BCUT2D eigenvalue weighted by atomic mass is 10.1. The van der Waals surface area contributed by atoms with Gasteiger partial charge in [-0.25, -0.2) is 0 Å². The van der Waals surface area contributed by atoms with E-state index in [0.717, 1.165) is 0 Å². The van der Waals surface area contributed by atoms with Crippen LogP contribution in [0.5, 0.6) is 5.75 Å². The van der Waals surface area contributed by atoms with E-state index in [-0.39, 0.29) is 17.2 Å². The summed E-state index contributed by atoms with van der Waals surface area (Å²) in [5.41, 5.74) is 2.39. The maximum atomic E-state index is 13.3. The lowest BCUT2D eigenvalue weighted by Crippen LogP contribution is -2.30. The van der Waals surface area contributed by atoms with Crippen LogP contribution in [0.4, 0.5) is 11.4 Å². The number of nitro groups is 1. The highest BCUT2D eigenvalue weighted by molar-refractivity contribution is 6.11. The van der Waals surface area contributed by atoms with E-state index in [2.05, 4.69) is 10.6 Å². The zero-order valence-electron chi connectivity index (χ0n) is 22.7. The number of nitro benzene ring substituents is 1. The number of ketones is 1. The van der Waals surface area contributed by atoms with Gasteiger partial charge in [0, 0.05) is 34.5 Å². The Kier molecular flexibility index (Phi) is 9.72. The molecule has 4 rings (SSSR count). The highest BCUT2D eigenvalue weighted by atomic mass is 16.6. The molecule has 4 aromatic rings. The molecule has 210 valence electrons. The molecule has 0 saturated heterocycles. The molecule has 0 bridgehead atoms. The van der Waals surface area contributed by atoms with E-state index in [1.165, 1.54) is 18.2 Å². The van der Waals surface area contributed by atoms with Crippen LogP contribution in [-0.4, -0.2) is 29.1 Å². The number of carbonyl (C=O) groups is 3. The molecule has 4 aromatic carbocycles. The molecule has 0 radical (unpaired) electrons. The van der Waals surface area contributed by atoms with Crippen molar-refractivity contribution in [3.8, 4) is 5.75 Å². The molecular formula is C33H27N3O6. The van der Waals surface area contributed by atoms with Crippen LogP contribution in [0.25, 0.3) is 12.2 Å². The second-order valence-corrected chi connectivity index (χ2v) is 8.93. The van der Waals surface area contributed by atoms with Crippen LogP contribution in [0, 0.1) is 10.1 Å². The molecule has 9 heteroatoms. The summed E-state index contributed by atoms with van der Waals surface area (Å²) >= 11 is 0. The Morgan fingerprint density at radius 2 is 1.50 bits per heavy atom. The Hall–Kier alpha value is -5.83. The molecule has 0 aliphatic heterocycles. The fourth-order valence-corrected chi connectivity index (χ4v) is 3.88. The number of amides is 2. The van der Waals surface area contributed by atoms with Crippen molar-refractivity contribution in [1.82, 2.24) is 5.32 Å². The van der Waals surface area contributed by atoms with Crippen molar-refractivity contribution in [3.05, 3.63) is 147 Å². The summed E-state index contributed by atoms with van der Waals surface area (Å²) in [7, 11) is 0. The van der Waals surface area contributed by atoms with Gasteiger partial charge in [-0.2, -0.15) is 0 Å². The maximum Gasteiger partial charge on any atom is 0.272 e. The number of anilines is 1. The number of hydrogen-bond donors (Lipinski definition) is 2. The van der Waals surface area contributed by atoms with Crippen molar-refractivity contribution in [3.63, 3.8) is 0 Å². The van der Waals surface area contributed by atoms with E-state index in [4.69, 9.17) is 4.74 Å². The smallest absolute Gasteiger partial charge is 0.272 e. The molecule has 0 unspecified atom stereocenters. The average molecular weight is 562 g/mol. The molecular weight excluding hydrogens is 534 g/mol. The molecule has 2 amide bonds. The average Bonchev–Trinajstić information content (AvgIpc) is 3.01. The van der Waals surface area contributed by atoms with Crippen molar-refractivity contribution in [1.29, 1.82) is 0 Å². The SMILES string of the molecule is CCOc1ccccc1/C=C(\NC(=O)c1ccccc1)C(=O)Nc1ccc(C(=O)/C=C/c2ccc([N+](=O)[O-])cc2)cc1. The minimum absolute atomic E-state index is 0.00203. The predicted octanol–water partition coefficient (Wildman–Crippen LogP) is 6.30. The van der Waals surface area contributed by atoms with Gasteiger partial charge in [-0.3, -0.25) is 24.5 Å². The molecule has 42 heavy (non-hydrogen) atoms. The van der Waals surface area contributed by atoms with E-state index in [1.54, 1.807) is 97.1 Å². The maximum absolute atomic E-state index is 13.3. The zero-order valence-corrected chi connectivity index (χ0v) is 22.7. The van der Waals surface area contributed by atoms with Crippen LogP contribution in [0.15, 0.2) is 115 Å². The van der Waals surface area contributed by atoms with Gasteiger partial charge in [-0.1, -0.05) is 42.5 Å². The fraction of sp³-hybridized carbons (Fsp3) is 0.0606. The Balaban J connectivity index is 1.50. The monoisotopic (exact) mass is 561 g/mol. The number of para-hydroxylation sites is 1. The lowest BCUT2D eigenvalue weighted by Gasteiger charge is -2.13. The molecule has 0 heterocycles. The van der Waals surface area contributed by atoms with Crippen molar-refractivity contribution >= 4 is 41.1 Å². The number of nitrogens with zero attached hydrogens (tertiary/aromatic N) is 1. The summed E-state index contributed by atoms with van der Waals surface area (Å²) in [6.45, 7) is 2.28. The molecule has 0 atom stereocenters. The molecule has 0 aliphatic carbocycles. The standard InChI is InChI=1S/C33H27N3O6/c1-2-42-31-11-7-6-10-26(31)22-29(35-32(38)25-8-4-3-5-9-25)33(39)34-27-17-15-24(16-18-27)30(37)21-14-23-12-19-28(20-13-23)36(40)41/h3-22H,2H2,1H3,(H,34,39)(H,35,38)/b21-14+,29-22-. The second-order valence-electron chi connectivity index (χ2n) is 8.93. The third-order valence-electron chi connectivity index (χ3n) is 6.01. The summed E-state index contributed by atoms with van der Waals surface area (Å²) < 4.78 is 5.67. The van der Waals surface area contributed by atoms with Crippen LogP contribution < -0.4 is 15.4 Å². The Bertz CT molecular complexity index is 1640. The Labute approximate surface area is 242 Å². The van der Waals surface area contributed by atoms with Crippen LogP contribution in [0.3, 0.4) is 0 Å². The van der Waals surface area contributed by atoms with Crippen molar-refractivity contribution < 1.29 is 24.0 Å². The quantitative estimate of drug-likeness (QED) is 0.0958. The lowest BCUT2D eigenvalue weighted by molar-refractivity contribution is -0.384. The third-order valence-corrected chi connectivity index (χ3v) is 6.01. The first-order chi connectivity index (χ1) is 20.3. The van der Waals surface area contributed by atoms with Gasteiger partial charge in [0.25, 0.3) is 17.5 Å². The zero-order chi connectivity index (χ0) is 29.9. The molecule has 0 aromatic heterocycles. The van der Waals surface area contributed by atoms with E-state index in [9.17, 15) is 24.5 Å². The van der Waals surface area contributed by atoms with Gasteiger partial charge < -0.3 is 15.4 Å². The van der Waals surface area contributed by atoms with Crippen LogP contribution in [0.2, 0.25) is 0 Å². The first-order valence-electron chi connectivity index (χ1n) is 13.0. The van der Waals surface area contributed by atoms with Crippen LogP contribution in [-0.2, 0) is 4.79 Å². The first kappa shape index (κ1) is 29.2. The summed E-state index contributed by atoms with van der Waals surface area (Å²) in [5.74, 6) is -0.743. The Morgan fingerprint density at radius 3 is 2.17 bits per heavy atom. The summed E-state index contributed by atoms with van der Waals surface area (Å²) in [5, 5.41) is 16.3. The first-order valence-corrected chi connectivity index (χ1v) is 13.0. The number of rotatable bonds is 11. The normalized spacial score (nSPS) is 11.1. The number of nitrogens with one attached hydrogen (secondary N) is 2. The summed E-state index contributed by atoms with van der Waals surface area (Å²) in [6.07, 6.45) is 4.47. The molecule has 2 N–H and O–H groups in total. The van der Waals surface area contributed by atoms with Gasteiger partial charge in [-0.05, 0) is 79.2 Å². The van der Waals surface area contributed by atoms with Gasteiger partial charge in [0.2, 0.25) is 0 Å². The fourth-order valence-electron chi connectivity index (χ4n) is 3.88. The van der Waals surface area contributed by atoms with Gasteiger partial charge in [0.1, 0.15) is 11.4 Å². The molecule has 9 nitrogen and oxygen atoms in total. The number of allylic oxidation sites excluding steroid dienone is 1. The number of hydrogen-bond acceptors (Lipinski definition) is 6. The second kappa shape index (κ2) is 14.0. The molecule has 0 saturated carbocycles. The topological polar surface area (TPSA) is 128 Å². The van der Waals surface area contributed by atoms with Crippen molar-refractivity contribution in [2.45, 2.75) is 6.92 Å². The largest absolute Gasteiger partial charge is 0.493 e. The third kappa shape index (κ3) is 7.86. The van der Waals surface area contributed by atoms with E-state index < -0.39 is 16.7 Å². The van der Waals surface area contributed by atoms with Crippen molar-refractivity contribution in [2.24, 2.45) is 0 Å². The number of non-ortho nitro benzene ring substituents is 1. The van der Waals surface area contributed by atoms with E-state index >= 15 is 0 Å². The number of ether oxygens (including phenoxy) is 1. The Morgan fingerprint density at radius 1 is 0.833 bits per heavy atom. The molecule has 0 spiro atoms. The van der Waals surface area contributed by atoms with Gasteiger partial charge in [-0.15, -0.1) is 0 Å². The predicted molar refractivity (Wildman–Crippen MR) is 161 cm³/mol. The van der Waals surface area contributed by atoms with E-state index in [1.807, 2.05) is 13.0 Å². The van der Waals surface area contributed by atoms with E-state index in [0.29, 0.717) is 40.3 Å². The van der Waals surface area contributed by atoms with Gasteiger partial charge in [0.05, 0.1) is 11.5 Å². The number of benzene rings is 4. The van der Waals surface area contributed by atoms with Crippen LogP contribution >= 0.6 is 0 Å². The summed E-state index contributed by atoms with van der Waals surface area (Å²) in [6, 6.07) is 27.8. The number of carbonyl (C=O) groups excluding carboxylic acids is 3. The van der Waals surface area contributed by atoms with Gasteiger partial charge >= 0.3 is 0 Å². The van der Waals surface area contributed by atoms with Crippen molar-refractivity contribution in [2.75, 3.05) is 11.9 Å². The summed E-state index contributed by atoms with van der Waals surface area (Å²) in [4.78, 5) is 49.2.